The molecule has 1 atom stereocenters. The van der Waals surface area contributed by atoms with Crippen molar-refractivity contribution in [1.29, 1.82) is 0 Å². The molecule has 0 aromatic carbocycles. The standard InChI is InChI=1S/C10H19NO/c1-4-8-7-10(5-2,6-3)9(12)11-8/h8H,4-7H2,1-3H3,(H,11,12). The van der Waals surface area contributed by atoms with Gasteiger partial charge in [-0.3, -0.25) is 4.79 Å². The van der Waals surface area contributed by atoms with Gasteiger partial charge < -0.3 is 5.32 Å². The number of amides is 1. The van der Waals surface area contributed by atoms with E-state index in [0.717, 1.165) is 25.7 Å². The summed E-state index contributed by atoms with van der Waals surface area (Å²) in [6, 6.07) is 0.428. The number of nitrogens with one attached hydrogen (secondary N) is 1. The Bertz CT molecular complexity index is 173. The van der Waals surface area contributed by atoms with Gasteiger partial charge in [-0.15, -0.1) is 0 Å². The summed E-state index contributed by atoms with van der Waals surface area (Å²) in [5.74, 6) is 0.277. The van der Waals surface area contributed by atoms with Crippen molar-refractivity contribution in [3.63, 3.8) is 0 Å². The van der Waals surface area contributed by atoms with E-state index in [9.17, 15) is 4.79 Å². The van der Waals surface area contributed by atoms with Crippen molar-refractivity contribution in [2.75, 3.05) is 0 Å². The van der Waals surface area contributed by atoms with Crippen LogP contribution in [0.25, 0.3) is 0 Å². The van der Waals surface area contributed by atoms with E-state index in [1.807, 2.05) is 0 Å². The molecule has 1 rings (SSSR count). The van der Waals surface area contributed by atoms with Crippen LogP contribution in [0.1, 0.15) is 46.5 Å². The van der Waals surface area contributed by atoms with Crippen molar-refractivity contribution in [3.05, 3.63) is 0 Å². The highest BCUT2D eigenvalue weighted by atomic mass is 16.2. The topological polar surface area (TPSA) is 29.1 Å². The minimum atomic E-state index is -0.0410. The van der Waals surface area contributed by atoms with Gasteiger partial charge in [-0.25, -0.2) is 0 Å². The maximum atomic E-state index is 11.6. The highest BCUT2D eigenvalue weighted by Gasteiger charge is 2.42. The first kappa shape index (κ1) is 9.56. The molecule has 1 unspecified atom stereocenters. The summed E-state index contributed by atoms with van der Waals surface area (Å²) in [5, 5.41) is 3.06. The molecule has 0 spiro atoms. The zero-order valence-electron chi connectivity index (χ0n) is 8.31. The first-order chi connectivity index (χ1) is 5.68. The Balaban J connectivity index is 2.72. The summed E-state index contributed by atoms with van der Waals surface area (Å²) in [4.78, 5) is 11.6. The van der Waals surface area contributed by atoms with E-state index in [1.165, 1.54) is 0 Å². The molecule has 1 aliphatic rings. The third-order valence-electron chi connectivity index (χ3n) is 3.30. The van der Waals surface area contributed by atoms with Crippen LogP contribution in [0.2, 0.25) is 0 Å². The molecular formula is C10H19NO. The average molecular weight is 169 g/mol. The predicted molar refractivity (Wildman–Crippen MR) is 49.9 cm³/mol. The van der Waals surface area contributed by atoms with Gasteiger partial charge >= 0.3 is 0 Å². The average Bonchev–Trinajstić information content (AvgIpc) is 2.43. The maximum absolute atomic E-state index is 11.6. The van der Waals surface area contributed by atoms with Crippen molar-refractivity contribution >= 4 is 5.91 Å². The van der Waals surface area contributed by atoms with E-state index in [1.54, 1.807) is 0 Å². The molecule has 2 nitrogen and oxygen atoms in total. The Kier molecular flexibility index (Phi) is 2.76. The van der Waals surface area contributed by atoms with Crippen molar-refractivity contribution < 1.29 is 4.79 Å². The monoisotopic (exact) mass is 169 g/mol. The van der Waals surface area contributed by atoms with Crippen LogP contribution >= 0.6 is 0 Å². The fraction of sp³-hybridized carbons (Fsp3) is 0.900. The highest BCUT2D eigenvalue weighted by Crippen LogP contribution is 2.37. The summed E-state index contributed by atoms with van der Waals surface area (Å²) in [5.41, 5.74) is -0.0410. The molecule has 1 saturated heterocycles. The lowest BCUT2D eigenvalue weighted by Gasteiger charge is -2.21. The second kappa shape index (κ2) is 3.46. The van der Waals surface area contributed by atoms with E-state index in [4.69, 9.17) is 0 Å². The molecule has 70 valence electrons. The lowest BCUT2D eigenvalue weighted by atomic mass is 9.79. The first-order valence-electron chi connectivity index (χ1n) is 4.99. The zero-order valence-corrected chi connectivity index (χ0v) is 8.31. The lowest BCUT2D eigenvalue weighted by molar-refractivity contribution is -0.128. The van der Waals surface area contributed by atoms with Crippen molar-refractivity contribution in [2.45, 2.75) is 52.5 Å². The van der Waals surface area contributed by atoms with Gasteiger partial charge in [-0.2, -0.15) is 0 Å². The highest BCUT2D eigenvalue weighted by molar-refractivity contribution is 5.85. The second-order valence-corrected chi connectivity index (χ2v) is 3.77. The quantitative estimate of drug-likeness (QED) is 0.688. The van der Waals surface area contributed by atoms with Crippen molar-refractivity contribution in [1.82, 2.24) is 5.32 Å². The smallest absolute Gasteiger partial charge is 0.226 e. The number of hydrogen-bond donors (Lipinski definition) is 1. The van der Waals surface area contributed by atoms with Crippen molar-refractivity contribution in [3.8, 4) is 0 Å². The normalized spacial score (nSPS) is 27.2. The minimum Gasteiger partial charge on any atom is -0.353 e. The van der Waals surface area contributed by atoms with Crippen LogP contribution in [0.4, 0.5) is 0 Å². The molecule has 0 aliphatic carbocycles. The molecule has 0 radical (unpaired) electrons. The van der Waals surface area contributed by atoms with Gasteiger partial charge in [-0.1, -0.05) is 20.8 Å². The lowest BCUT2D eigenvalue weighted by Crippen LogP contribution is -2.31. The Morgan fingerprint density at radius 2 is 2.00 bits per heavy atom. The SMILES string of the molecule is CCC1CC(CC)(CC)C(=O)N1. The fourth-order valence-corrected chi connectivity index (χ4v) is 2.06. The van der Waals surface area contributed by atoms with Crippen molar-refractivity contribution in [2.24, 2.45) is 5.41 Å². The molecule has 1 amide bonds. The van der Waals surface area contributed by atoms with Crippen LogP contribution < -0.4 is 5.32 Å². The Morgan fingerprint density at radius 3 is 2.25 bits per heavy atom. The number of rotatable bonds is 3. The Labute approximate surface area is 74.7 Å². The van der Waals surface area contributed by atoms with Crippen LogP contribution in [0.3, 0.4) is 0 Å². The van der Waals surface area contributed by atoms with Crippen LogP contribution in [0, 0.1) is 5.41 Å². The summed E-state index contributed by atoms with van der Waals surface area (Å²) in [6.07, 6.45) is 4.06. The summed E-state index contributed by atoms with van der Waals surface area (Å²) in [6.45, 7) is 6.36. The Morgan fingerprint density at radius 1 is 1.42 bits per heavy atom. The van der Waals surface area contributed by atoms with Gasteiger partial charge in [0.25, 0.3) is 0 Å². The summed E-state index contributed by atoms with van der Waals surface area (Å²) in [7, 11) is 0. The maximum Gasteiger partial charge on any atom is 0.226 e. The van der Waals surface area contributed by atoms with Gasteiger partial charge in [0.05, 0.1) is 5.41 Å². The molecule has 1 fully saturated rings. The largest absolute Gasteiger partial charge is 0.353 e. The van der Waals surface area contributed by atoms with E-state index >= 15 is 0 Å². The number of hydrogen-bond acceptors (Lipinski definition) is 1. The number of carbonyl (C=O) groups excluding carboxylic acids is 1. The molecule has 12 heavy (non-hydrogen) atoms. The van der Waals surface area contributed by atoms with E-state index in [0.29, 0.717) is 6.04 Å². The minimum absolute atomic E-state index is 0.0410. The van der Waals surface area contributed by atoms with Gasteiger partial charge in [0.1, 0.15) is 0 Å². The fourth-order valence-electron chi connectivity index (χ4n) is 2.06. The molecule has 0 aromatic rings. The molecule has 1 heterocycles. The van der Waals surface area contributed by atoms with E-state index in [2.05, 4.69) is 26.1 Å². The van der Waals surface area contributed by atoms with Crippen LogP contribution in [0.15, 0.2) is 0 Å². The van der Waals surface area contributed by atoms with Crippen LogP contribution in [-0.4, -0.2) is 11.9 Å². The summed E-state index contributed by atoms with van der Waals surface area (Å²) < 4.78 is 0. The molecule has 1 aliphatic heterocycles. The van der Waals surface area contributed by atoms with Gasteiger partial charge in [0.15, 0.2) is 0 Å². The predicted octanol–water partition coefficient (Wildman–Crippen LogP) is 2.09. The molecule has 1 N–H and O–H groups in total. The molecule has 2 heteroatoms. The molecule has 0 aromatic heterocycles. The van der Waals surface area contributed by atoms with Gasteiger partial charge in [-0.05, 0) is 25.7 Å². The number of carbonyl (C=O) groups is 1. The van der Waals surface area contributed by atoms with Gasteiger partial charge in [0, 0.05) is 6.04 Å². The van der Waals surface area contributed by atoms with Gasteiger partial charge in [0.2, 0.25) is 5.91 Å². The first-order valence-corrected chi connectivity index (χ1v) is 4.99. The Hall–Kier alpha value is -0.530. The zero-order chi connectivity index (χ0) is 9.19. The third kappa shape index (κ3) is 1.35. The van der Waals surface area contributed by atoms with E-state index in [-0.39, 0.29) is 11.3 Å². The molecular weight excluding hydrogens is 150 g/mol. The van der Waals surface area contributed by atoms with E-state index < -0.39 is 0 Å². The van der Waals surface area contributed by atoms with Crippen LogP contribution in [-0.2, 0) is 4.79 Å². The van der Waals surface area contributed by atoms with Crippen LogP contribution in [0.5, 0.6) is 0 Å². The third-order valence-corrected chi connectivity index (χ3v) is 3.30. The summed E-state index contributed by atoms with van der Waals surface area (Å²) >= 11 is 0. The molecule has 0 saturated carbocycles. The second-order valence-electron chi connectivity index (χ2n) is 3.77. The molecule has 0 bridgehead atoms.